The average molecular weight is 381 g/mol. The average Bonchev–Trinajstić information content (AvgIpc) is 2.72. The molecule has 2 rings (SSSR count). The number of amides is 1. The highest BCUT2D eigenvalue weighted by Gasteiger charge is 2.10. The number of anilines is 1. The molecule has 0 aliphatic rings. The Morgan fingerprint density at radius 3 is 2.75 bits per heavy atom. The van der Waals surface area contributed by atoms with Crippen molar-refractivity contribution in [3.8, 4) is 0 Å². The number of pyridine rings is 1. The van der Waals surface area contributed by atoms with Crippen molar-refractivity contribution in [3.05, 3.63) is 71.2 Å². The molecule has 0 fully saturated rings. The number of nitrogens with zero attached hydrogens (tertiary/aromatic N) is 1. The minimum absolute atomic E-state index is 0.273. The molecular weight excluding hydrogens is 354 g/mol. The predicted octanol–water partition coefficient (Wildman–Crippen LogP) is 2.11. The van der Waals surface area contributed by atoms with Crippen LogP contribution in [0.15, 0.2) is 48.8 Å². The van der Waals surface area contributed by atoms with Gasteiger partial charge in [-0.25, -0.2) is 0 Å². The van der Waals surface area contributed by atoms with Gasteiger partial charge in [-0.3, -0.25) is 9.78 Å². The lowest BCUT2D eigenvalue weighted by molar-refractivity contribution is 0.0932. The second-order valence-electron chi connectivity index (χ2n) is 6.18. The molecule has 1 amide bonds. The number of hydrogen-bond acceptors (Lipinski definition) is 6. The molecule has 0 atom stereocenters. The van der Waals surface area contributed by atoms with Crippen LogP contribution in [0.25, 0.3) is 11.3 Å². The first kappa shape index (κ1) is 21.0. The number of methoxy groups -OCH3 is 1. The molecule has 0 radical (unpaired) electrons. The van der Waals surface area contributed by atoms with Gasteiger partial charge >= 0.3 is 0 Å². The van der Waals surface area contributed by atoms with Gasteiger partial charge in [0, 0.05) is 50.0 Å². The summed E-state index contributed by atoms with van der Waals surface area (Å²) in [6.45, 7) is 2.84. The number of carbonyl (C=O) groups is 1. The number of allylic oxidation sites excluding steroid dienone is 2. The number of nitrogens with one attached hydrogen (secondary N) is 2. The predicted molar refractivity (Wildman–Crippen MR) is 114 cm³/mol. The number of aromatic nitrogens is 1. The van der Waals surface area contributed by atoms with Crippen molar-refractivity contribution in [1.82, 2.24) is 10.3 Å². The SMILES string of the molecule is CNc1ccc(C)c(/C(N)=C/C(=C\N)c2ccnc(C(=O)NCCOC)c2)c1. The maximum Gasteiger partial charge on any atom is 0.269 e. The number of ether oxygens (including phenoxy) is 1. The largest absolute Gasteiger partial charge is 0.404 e. The van der Waals surface area contributed by atoms with E-state index >= 15 is 0 Å². The minimum atomic E-state index is -0.273. The summed E-state index contributed by atoms with van der Waals surface area (Å²) in [6.07, 6.45) is 4.83. The zero-order chi connectivity index (χ0) is 20.5. The molecule has 6 N–H and O–H groups in total. The lowest BCUT2D eigenvalue weighted by atomic mass is 10.0. The van der Waals surface area contributed by atoms with Crippen LogP contribution >= 0.6 is 0 Å². The van der Waals surface area contributed by atoms with E-state index in [0.29, 0.717) is 30.1 Å². The summed E-state index contributed by atoms with van der Waals surface area (Å²) in [7, 11) is 3.43. The standard InChI is InChI=1S/C21H27N5O2/c1-14-4-5-17(24-2)12-18(14)19(23)10-16(13-22)15-6-7-25-20(11-15)21(27)26-8-9-28-3/h4-7,10-13,24H,8-9,22-23H2,1-3H3,(H,26,27)/b16-13+,19-10-. The quantitative estimate of drug-likeness (QED) is 0.411. The number of benzene rings is 1. The van der Waals surface area contributed by atoms with Gasteiger partial charge in [0.25, 0.3) is 5.91 Å². The van der Waals surface area contributed by atoms with Crippen LogP contribution in [0.1, 0.15) is 27.2 Å². The van der Waals surface area contributed by atoms with Crippen LogP contribution in [0.4, 0.5) is 5.69 Å². The molecule has 0 bridgehead atoms. The van der Waals surface area contributed by atoms with Gasteiger partial charge in [0.1, 0.15) is 5.69 Å². The summed E-state index contributed by atoms with van der Waals surface area (Å²) in [5, 5.41) is 5.85. The van der Waals surface area contributed by atoms with Crippen molar-refractivity contribution in [2.75, 3.05) is 32.6 Å². The molecule has 0 saturated carbocycles. The molecule has 28 heavy (non-hydrogen) atoms. The van der Waals surface area contributed by atoms with Gasteiger partial charge in [0.05, 0.1) is 6.61 Å². The Morgan fingerprint density at radius 1 is 1.29 bits per heavy atom. The van der Waals surface area contributed by atoms with E-state index in [-0.39, 0.29) is 5.91 Å². The number of nitrogens with two attached hydrogens (primary N) is 2. The van der Waals surface area contributed by atoms with Crippen molar-refractivity contribution >= 4 is 22.9 Å². The molecule has 0 aliphatic carbocycles. The van der Waals surface area contributed by atoms with Gasteiger partial charge in [-0.15, -0.1) is 0 Å². The van der Waals surface area contributed by atoms with Crippen LogP contribution in [0.5, 0.6) is 0 Å². The van der Waals surface area contributed by atoms with Crippen molar-refractivity contribution in [2.45, 2.75) is 6.92 Å². The zero-order valence-corrected chi connectivity index (χ0v) is 16.5. The van der Waals surface area contributed by atoms with E-state index in [2.05, 4.69) is 15.6 Å². The highest BCUT2D eigenvalue weighted by atomic mass is 16.5. The Morgan fingerprint density at radius 2 is 2.07 bits per heavy atom. The van der Waals surface area contributed by atoms with E-state index in [1.807, 2.05) is 32.2 Å². The third-order valence-electron chi connectivity index (χ3n) is 4.25. The number of rotatable bonds is 8. The van der Waals surface area contributed by atoms with E-state index in [1.165, 1.54) is 6.20 Å². The minimum Gasteiger partial charge on any atom is -0.404 e. The van der Waals surface area contributed by atoms with Crippen molar-refractivity contribution < 1.29 is 9.53 Å². The molecule has 0 spiro atoms. The number of hydrogen-bond donors (Lipinski definition) is 4. The van der Waals surface area contributed by atoms with Crippen LogP contribution in [0, 0.1) is 6.92 Å². The Balaban J connectivity index is 2.29. The third-order valence-corrected chi connectivity index (χ3v) is 4.25. The second-order valence-corrected chi connectivity index (χ2v) is 6.18. The molecule has 1 heterocycles. The normalized spacial score (nSPS) is 12.0. The van der Waals surface area contributed by atoms with E-state index in [1.54, 1.807) is 31.5 Å². The van der Waals surface area contributed by atoms with Gasteiger partial charge < -0.3 is 26.8 Å². The Labute approximate surface area is 165 Å². The molecule has 7 heteroatoms. The number of carbonyl (C=O) groups excluding carboxylic acids is 1. The highest BCUT2D eigenvalue weighted by molar-refractivity contribution is 5.94. The molecule has 1 aromatic heterocycles. The molecule has 0 unspecified atom stereocenters. The summed E-state index contributed by atoms with van der Waals surface area (Å²) >= 11 is 0. The van der Waals surface area contributed by atoms with Gasteiger partial charge in [-0.05, 0) is 54.0 Å². The van der Waals surface area contributed by atoms with Crippen LogP contribution < -0.4 is 22.1 Å². The summed E-state index contributed by atoms with van der Waals surface area (Å²) in [4.78, 5) is 16.3. The van der Waals surface area contributed by atoms with Crippen molar-refractivity contribution in [2.24, 2.45) is 11.5 Å². The van der Waals surface area contributed by atoms with Gasteiger partial charge in [-0.1, -0.05) is 6.07 Å². The molecule has 1 aromatic carbocycles. The first-order chi connectivity index (χ1) is 13.5. The van der Waals surface area contributed by atoms with Gasteiger partial charge in [0.2, 0.25) is 0 Å². The smallest absolute Gasteiger partial charge is 0.269 e. The third kappa shape index (κ3) is 5.34. The molecule has 148 valence electrons. The van der Waals surface area contributed by atoms with E-state index in [0.717, 1.165) is 22.4 Å². The van der Waals surface area contributed by atoms with Crippen LogP contribution in [0.2, 0.25) is 0 Å². The van der Waals surface area contributed by atoms with Crippen LogP contribution in [-0.2, 0) is 4.74 Å². The topological polar surface area (TPSA) is 115 Å². The zero-order valence-electron chi connectivity index (χ0n) is 16.5. The van der Waals surface area contributed by atoms with E-state index in [9.17, 15) is 4.79 Å². The summed E-state index contributed by atoms with van der Waals surface area (Å²) < 4.78 is 4.93. The highest BCUT2D eigenvalue weighted by Crippen LogP contribution is 2.24. The van der Waals surface area contributed by atoms with Gasteiger partial charge in [0.15, 0.2) is 0 Å². The fourth-order valence-electron chi connectivity index (χ4n) is 2.65. The monoisotopic (exact) mass is 381 g/mol. The van der Waals surface area contributed by atoms with Gasteiger partial charge in [-0.2, -0.15) is 0 Å². The maximum atomic E-state index is 12.2. The van der Waals surface area contributed by atoms with Crippen LogP contribution in [-0.4, -0.2) is 38.2 Å². The maximum absolute atomic E-state index is 12.2. The Bertz CT molecular complexity index is 890. The fourth-order valence-corrected chi connectivity index (χ4v) is 2.65. The molecule has 2 aromatic rings. The lowest BCUT2D eigenvalue weighted by Crippen LogP contribution is -2.27. The van der Waals surface area contributed by atoms with E-state index < -0.39 is 0 Å². The molecule has 0 saturated heterocycles. The fraction of sp³-hybridized carbons (Fsp3) is 0.238. The van der Waals surface area contributed by atoms with Crippen molar-refractivity contribution in [3.63, 3.8) is 0 Å². The Hall–Kier alpha value is -3.32. The molecule has 7 nitrogen and oxygen atoms in total. The first-order valence-corrected chi connectivity index (χ1v) is 8.91. The summed E-state index contributed by atoms with van der Waals surface area (Å²) in [5.41, 5.74) is 17.4. The summed E-state index contributed by atoms with van der Waals surface area (Å²) in [6, 6.07) is 9.44. The van der Waals surface area contributed by atoms with Crippen LogP contribution in [0.3, 0.4) is 0 Å². The summed E-state index contributed by atoms with van der Waals surface area (Å²) in [5.74, 6) is -0.273. The first-order valence-electron chi connectivity index (χ1n) is 8.91. The Kier molecular flexibility index (Phi) is 7.59. The lowest BCUT2D eigenvalue weighted by Gasteiger charge is -2.11. The molecular formula is C21H27N5O2. The number of aryl methyl sites for hydroxylation is 1. The van der Waals surface area contributed by atoms with Crippen molar-refractivity contribution in [1.29, 1.82) is 0 Å². The molecule has 0 aliphatic heterocycles. The second kappa shape index (κ2) is 10.1. The van der Waals surface area contributed by atoms with E-state index in [4.69, 9.17) is 16.2 Å².